The maximum atomic E-state index is 14.0. The molecule has 3 aromatic heterocycles. The van der Waals surface area contributed by atoms with Gasteiger partial charge in [0.1, 0.15) is 11.4 Å². The van der Waals surface area contributed by atoms with Crippen LogP contribution in [0.4, 0.5) is 10.7 Å². The maximum absolute atomic E-state index is 14.0. The van der Waals surface area contributed by atoms with E-state index in [1.165, 1.54) is 9.13 Å². The molecule has 12 heteroatoms. The number of amides is 1. The molecular weight excluding hydrogens is 536 g/mol. The zero-order chi connectivity index (χ0) is 30.2. The molecule has 222 valence electrons. The van der Waals surface area contributed by atoms with Gasteiger partial charge in [-0.05, 0) is 53.5 Å². The van der Waals surface area contributed by atoms with Gasteiger partial charge in [0.2, 0.25) is 5.95 Å². The molecule has 1 atom stereocenters. The van der Waals surface area contributed by atoms with Crippen molar-refractivity contribution >= 4 is 34.1 Å². The number of anilines is 1. The van der Waals surface area contributed by atoms with Crippen LogP contribution >= 0.6 is 0 Å². The first-order chi connectivity index (χ1) is 20.0. The SMILES string of the molecule is CC=CCn1c(N2CCC[C@@H](NC(=O)OC(C)(C)C)C2)nc2c1c(=O)n(Cc1nc(C)c3ccccc3n1)c(=O)n2C. The standard InChI is InChI=1S/C30H38N8O4/c1-7-8-16-37-24-25(34-27(37)36-15-11-12-20(17-36)32-28(40)42-30(3,4)5)35(6)29(41)38(26(24)39)18-23-31-19(2)21-13-9-10-14-22(21)33-23/h7-10,13-14,20H,11-12,15-18H2,1-6H3,(H,32,40)/t20-/m1/s1. The summed E-state index contributed by atoms with van der Waals surface area (Å²) in [6.45, 7) is 10.8. The van der Waals surface area contributed by atoms with Gasteiger partial charge in [0.05, 0.1) is 12.1 Å². The highest BCUT2D eigenvalue weighted by atomic mass is 16.6. The number of imidazole rings is 1. The number of hydrogen-bond acceptors (Lipinski definition) is 8. The summed E-state index contributed by atoms with van der Waals surface area (Å²) in [5, 5.41) is 3.89. The number of piperidine rings is 1. The molecule has 1 N–H and O–H groups in total. The number of aryl methyl sites for hydroxylation is 2. The minimum Gasteiger partial charge on any atom is -0.444 e. The number of allylic oxidation sites excluding steroid dienone is 2. The quantitative estimate of drug-likeness (QED) is 0.348. The number of benzene rings is 1. The van der Waals surface area contributed by atoms with Crippen LogP contribution in [0.3, 0.4) is 0 Å². The molecule has 12 nitrogen and oxygen atoms in total. The molecule has 0 unspecified atom stereocenters. The second kappa shape index (κ2) is 11.4. The molecule has 1 fully saturated rings. The summed E-state index contributed by atoms with van der Waals surface area (Å²) in [5.74, 6) is 0.957. The molecular formula is C30H38N8O4. The van der Waals surface area contributed by atoms with Crippen LogP contribution < -0.4 is 21.5 Å². The van der Waals surface area contributed by atoms with Crippen molar-refractivity contribution in [3.63, 3.8) is 0 Å². The lowest BCUT2D eigenvalue weighted by atomic mass is 10.1. The Morgan fingerprint density at radius 2 is 1.90 bits per heavy atom. The van der Waals surface area contributed by atoms with Crippen LogP contribution in [0.1, 0.15) is 52.1 Å². The van der Waals surface area contributed by atoms with Crippen molar-refractivity contribution in [3.05, 3.63) is 68.8 Å². The van der Waals surface area contributed by atoms with E-state index in [-0.39, 0.29) is 12.6 Å². The highest BCUT2D eigenvalue weighted by Crippen LogP contribution is 2.24. The van der Waals surface area contributed by atoms with Crippen LogP contribution in [0.5, 0.6) is 0 Å². The summed E-state index contributed by atoms with van der Waals surface area (Å²) in [7, 11) is 1.62. The Morgan fingerprint density at radius 1 is 1.14 bits per heavy atom. The Balaban J connectivity index is 1.55. The average molecular weight is 575 g/mol. The number of aromatic nitrogens is 6. The first-order valence-corrected chi connectivity index (χ1v) is 14.2. The summed E-state index contributed by atoms with van der Waals surface area (Å²) in [4.78, 5) is 56.0. The van der Waals surface area contributed by atoms with E-state index >= 15 is 0 Å². The summed E-state index contributed by atoms with van der Waals surface area (Å²) in [6, 6.07) is 7.50. The number of nitrogens with zero attached hydrogens (tertiary/aromatic N) is 7. The minimum atomic E-state index is -0.597. The topological polar surface area (TPSA) is 129 Å². The van der Waals surface area contributed by atoms with Gasteiger partial charge in [-0.25, -0.2) is 19.6 Å². The molecule has 0 aliphatic carbocycles. The number of ether oxygens (including phenoxy) is 1. The van der Waals surface area contributed by atoms with Gasteiger partial charge in [-0.15, -0.1) is 0 Å². The van der Waals surface area contributed by atoms with Crippen molar-refractivity contribution in [2.75, 3.05) is 18.0 Å². The molecule has 1 aromatic carbocycles. The average Bonchev–Trinajstić information content (AvgIpc) is 3.32. The number of para-hydroxylation sites is 1. The van der Waals surface area contributed by atoms with Gasteiger partial charge in [-0.3, -0.25) is 13.9 Å². The molecule has 0 bridgehead atoms. The molecule has 1 amide bonds. The zero-order valence-electron chi connectivity index (χ0n) is 25.0. The summed E-state index contributed by atoms with van der Waals surface area (Å²) in [5.41, 5.74) is 0.620. The summed E-state index contributed by atoms with van der Waals surface area (Å²) in [6.07, 6.45) is 4.99. The van der Waals surface area contributed by atoms with E-state index in [0.29, 0.717) is 42.6 Å². The van der Waals surface area contributed by atoms with Crippen molar-refractivity contribution in [3.8, 4) is 0 Å². The molecule has 42 heavy (non-hydrogen) atoms. The number of carbonyl (C=O) groups excluding carboxylic acids is 1. The highest BCUT2D eigenvalue weighted by Gasteiger charge is 2.29. The minimum absolute atomic E-state index is 0.0666. The first kappa shape index (κ1) is 29.0. The number of carbonyl (C=O) groups is 1. The number of alkyl carbamates (subject to hydrolysis) is 1. The van der Waals surface area contributed by atoms with Gasteiger partial charge in [-0.2, -0.15) is 4.98 Å². The third-order valence-corrected chi connectivity index (χ3v) is 7.30. The zero-order valence-corrected chi connectivity index (χ0v) is 25.0. The monoisotopic (exact) mass is 574 g/mol. The molecule has 1 aliphatic heterocycles. The molecule has 0 radical (unpaired) electrons. The van der Waals surface area contributed by atoms with Crippen LogP contribution in [0.2, 0.25) is 0 Å². The lowest BCUT2D eigenvalue weighted by molar-refractivity contribution is 0.0499. The Kier molecular flexibility index (Phi) is 7.89. The number of hydrogen-bond donors (Lipinski definition) is 1. The molecule has 1 aliphatic rings. The van der Waals surface area contributed by atoms with E-state index in [1.54, 1.807) is 7.05 Å². The number of rotatable bonds is 6. The number of nitrogens with one attached hydrogen (secondary N) is 1. The third-order valence-electron chi connectivity index (χ3n) is 7.30. The fourth-order valence-electron chi connectivity index (χ4n) is 5.38. The molecule has 4 heterocycles. The second-order valence-corrected chi connectivity index (χ2v) is 11.7. The lowest BCUT2D eigenvalue weighted by Gasteiger charge is -2.34. The van der Waals surface area contributed by atoms with E-state index in [2.05, 4.69) is 20.2 Å². The predicted octanol–water partition coefficient (Wildman–Crippen LogP) is 3.27. The molecule has 0 spiro atoms. The normalized spacial score (nSPS) is 16.0. The van der Waals surface area contributed by atoms with Gasteiger partial charge in [0.15, 0.2) is 11.2 Å². The van der Waals surface area contributed by atoms with Gasteiger partial charge in [0, 0.05) is 43.8 Å². The lowest BCUT2D eigenvalue weighted by Crippen LogP contribution is -2.49. The van der Waals surface area contributed by atoms with E-state index in [0.717, 1.165) is 29.4 Å². The van der Waals surface area contributed by atoms with E-state index < -0.39 is 22.9 Å². The maximum Gasteiger partial charge on any atom is 0.407 e. The van der Waals surface area contributed by atoms with E-state index in [4.69, 9.17) is 9.72 Å². The van der Waals surface area contributed by atoms with Crippen LogP contribution in [0.15, 0.2) is 46.0 Å². The van der Waals surface area contributed by atoms with Crippen LogP contribution in [-0.2, 0) is 24.9 Å². The largest absolute Gasteiger partial charge is 0.444 e. The fourth-order valence-corrected chi connectivity index (χ4v) is 5.38. The van der Waals surface area contributed by atoms with Crippen molar-refractivity contribution in [2.24, 2.45) is 7.05 Å². The Bertz CT molecular complexity index is 1790. The van der Waals surface area contributed by atoms with Crippen LogP contribution in [0.25, 0.3) is 22.1 Å². The first-order valence-electron chi connectivity index (χ1n) is 14.2. The predicted molar refractivity (Wildman–Crippen MR) is 162 cm³/mol. The van der Waals surface area contributed by atoms with Crippen LogP contribution in [0, 0.1) is 6.92 Å². The molecule has 5 rings (SSSR count). The Hall–Kier alpha value is -4.48. The van der Waals surface area contributed by atoms with Crippen LogP contribution in [-0.4, -0.2) is 59.5 Å². The van der Waals surface area contributed by atoms with Crippen molar-refractivity contribution < 1.29 is 9.53 Å². The fraction of sp³-hybridized carbons (Fsp3) is 0.467. The van der Waals surface area contributed by atoms with Gasteiger partial charge in [0.25, 0.3) is 5.56 Å². The Labute approximate surface area is 243 Å². The second-order valence-electron chi connectivity index (χ2n) is 11.7. The van der Waals surface area contributed by atoms with Gasteiger partial charge >= 0.3 is 11.8 Å². The Morgan fingerprint density at radius 3 is 2.64 bits per heavy atom. The summed E-state index contributed by atoms with van der Waals surface area (Å²) >= 11 is 0. The van der Waals surface area contributed by atoms with Crippen molar-refractivity contribution in [1.82, 2.24) is 34.0 Å². The number of fused-ring (bicyclic) bond motifs is 2. The third kappa shape index (κ3) is 5.79. The highest BCUT2D eigenvalue weighted by molar-refractivity contribution is 5.80. The van der Waals surface area contributed by atoms with E-state index in [1.807, 2.05) is 75.6 Å². The summed E-state index contributed by atoms with van der Waals surface area (Å²) < 4.78 is 9.87. The van der Waals surface area contributed by atoms with Crippen molar-refractivity contribution in [1.29, 1.82) is 0 Å². The van der Waals surface area contributed by atoms with E-state index in [9.17, 15) is 14.4 Å². The van der Waals surface area contributed by atoms with Crippen molar-refractivity contribution in [2.45, 2.75) is 72.2 Å². The van der Waals surface area contributed by atoms with Gasteiger partial charge in [-0.1, -0.05) is 30.4 Å². The molecule has 4 aromatic rings. The molecule has 1 saturated heterocycles. The smallest absolute Gasteiger partial charge is 0.407 e. The van der Waals surface area contributed by atoms with Gasteiger partial charge < -0.3 is 19.5 Å². The molecule has 0 saturated carbocycles.